The zero-order chi connectivity index (χ0) is 13.7. The van der Waals surface area contributed by atoms with Gasteiger partial charge in [0.15, 0.2) is 0 Å². The van der Waals surface area contributed by atoms with Crippen LogP contribution in [0, 0.1) is 10.1 Å². The lowest BCUT2D eigenvalue weighted by atomic mass is 10.2. The molecule has 2 rings (SSSR count). The molecule has 0 unspecified atom stereocenters. The maximum Gasteiger partial charge on any atom is 0.292 e. The molecule has 0 bridgehead atoms. The van der Waals surface area contributed by atoms with Crippen LogP contribution < -0.4 is 10.1 Å². The normalized spacial score (nSPS) is 9.95. The van der Waals surface area contributed by atoms with Gasteiger partial charge in [-0.25, -0.2) is 4.98 Å². The molecule has 1 N–H and O–H groups in total. The molecule has 98 valence electrons. The van der Waals surface area contributed by atoms with Crippen molar-refractivity contribution in [3.05, 3.63) is 58.3 Å². The predicted octanol–water partition coefficient (Wildman–Crippen LogP) is 2.61. The van der Waals surface area contributed by atoms with Crippen LogP contribution in [-0.2, 0) is 6.54 Å². The number of benzene rings is 1. The largest absolute Gasteiger partial charge is 0.481 e. The van der Waals surface area contributed by atoms with Crippen LogP contribution in [0.1, 0.15) is 5.56 Å². The molecule has 2 aromatic rings. The number of ether oxygens (including phenoxy) is 1. The van der Waals surface area contributed by atoms with E-state index in [1.807, 2.05) is 6.07 Å². The first-order valence-electron chi connectivity index (χ1n) is 5.67. The van der Waals surface area contributed by atoms with Gasteiger partial charge in [-0.3, -0.25) is 10.1 Å². The van der Waals surface area contributed by atoms with Gasteiger partial charge in [0.05, 0.1) is 12.0 Å². The van der Waals surface area contributed by atoms with Crippen LogP contribution in [0.4, 0.5) is 11.4 Å². The van der Waals surface area contributed by atoms with Crippen LogP contribution in [0.3, 0.4) is 0 Å². The lowest BCUT2D eigenvalue weighted by Gasteiger charge is -2.07. The number of methoxy groups -OCH3 is 1. The summed E-state index contributed by atoms with van der Waals surface area (Å²) in [7, 11) is 1.55. The number of rotatable bonds is 5. The molecule has 0 saturated carbocycles. The third-order valence-corrected chi connectivity index (χ3v) is 2.59. The molecule has 6 heteroatoms. The Hall–Kier alpha value is -2.63. The van der Waals surface area contributed by atoms with Gasteiger partial charge < -0.3 is 10.1 Å². The van der Waals surface area contributed by atoms with Gasteiger partial charge in [0.1, 0.15) is 5.69 Å². The van der Waals surface area contributed by atoms with Gasteiger partial charge in [0.2, 0.25) is 5.88 Å². The van der Waals surface area contributed by atoms with Crippen molar-refractivity contribution < 1.29 is 9.66 Å². The smallest absolute Gasteiger partial charge is 0.292 e. The van der Waals surface area contributed by atoms with E-state index in [0.717, 1.165) is 5.56 Å². The molecule has 0 amide bonds. The highest BCUT2D eigenvalue weighted by Crippen LogP contribution is 2.23. The standard InChI is InChI=1S/C13H13N3O3/c1-19-13-7-6-10(9-15-13)8-14-11-4-2-3-5-12(11)16(17)18/h2-7,9,14H,8H2,1H3. The maximum absolute atomic E-state index is 10.9. The number of nitrogens with zero attached hydrogens (tertiary/aromatic N) is 2. The van der Waals surface area contributed by atoms with Gasteiger partial charge in [-0.2, -0.15) is 0 Å². The quantitative estimate of drug-likeness (QED) is 0.659. The van der Waals surface area contributed by atoms with Gasteiger partial charge in [0.25, 0.3) is 5.69 Å². The molecule has 0 aliphatic carbocycles. The number of aromatic nitrogens is 1. The van der Waals surface area contributed by atoms with Crippen LogP contribution in [-0.4, -0.2) is 17.0 Å². The number of para-hydroxylation sites is 2. The van der Waals surface area contributed by atoms with Crippen molar-refractivity contribution in [2.75, 3.05) is 12.4 Å². The van der Waals surface area contributed by atoms with E-state index in [0.29, 0.717) is 18.1 Å². The van der Waals surface area contributed by atoms with Gasteiger partial charge in [-0.15, -0.1) is 0 Å². The molecule has 6 nitrogen and oxygen atoms in total. The van der Waals surface area contributed by atoms with E-state index >= 15 is 0 Å². The Labute approximate surface area is 110 Å². The molecule has 0 atom stereocenters. The Morgan fingerprint density at radius 2 is 2.11 bits per heavy atom. The number of nitro groups is 1. The van der Waals surface area contributed by atoms with E-state index < -0.39 is 4.92 Å². The Kier molecular flexibility index (Phi) is 3.92. The number of nitro benzene ring substituents is 1. The predicted molar refractivity (Wildman–Crippen MR) is 71.2 cm³/mol. The molecule has 19 heavy (non-hydrogen) atoms. The number of pyridine rings is 1. The zero-order valence-electron chi connectivity index (χ0n) is 10.4. The lowest BCUT2D eigenvalue weighted by molar-refractivity contribution is -0.384. The zero-order valence-corrected chi connectivity index (χ0v) is 10.4. The number of hydrogen-bond donors (Lipinski definition) is 1. The molecule has 0 radical (unpaired) electrons. The fourth-order valence-electron chi connectivity index (χ4n) is 1.62. The monoisotopic (exact) mass is 259 g/mol. The van der Waals surface area contributed by atoms with Crippen LogP contribution in [0.2, 0.25) is 0 Å². The summed E-state index contributed by atoms with van der Waals surface area (Å²) >= 11 is 0. The second-order valence-corrected chi connectivity index (χ2v) is 3.84. The van der Waals surface area contributed by atoms with Crippen LogP contribution in [0.25, 0.3) is 0 Å². The van der Waals surface area contributed by atoms with Crippen LogP contribution >= 0.6 is 0 Å². The van der Waals surface area contributed by atoms with Gasteiger partial charge in [0, 0.05) is 24.9 Å². The molecule has 0 saturated heterocycles. The summed E-state index contributed by atoms with van der Waals surface area (Å²) < 4.78 is 4.96. The summed E-state index contributed by atoms with van der Waals surface area (Å²) in [6, 6.07) is 10.1. The molecule has 1 aromatic heterocycles. The summed E-state index contributed by atoms with van der Waals surface area (Å²) in [5.74, 6) is 0.537. The van der Waals surface area contributed by atoms with Gasteiger partial charge >= 0.3 is 0 Å². The average molecular weight is 259 g/mol. The van der Waals surface area contributed by atoms with Crippen molar-refractivity contribution in [2.24, 2.45) is 0 Å². The highest BCUT2D eigenvalue weighted by Gasteiger charge is 2.11. The third-order valence-electron chi connectivity index (χ3n) is 2.59. The number of hydrogen-bond acceptors (Lipinski definition) is 5. The molecule has 0 fully saturated rings. The Bertz CT molecular complexity index is 570. The first-order valence-corrected chi connectivity index (χ1v) is 5.67. The van der Waals surface area contributed by atoms with Gasteiger partial charge in [-0.05, 0) is 11.6 Å². The molecular formula is C13H13N3O3. The minimum Gasteiger partial charge on any atom is -0.481 e. The lowest BCUT2D eigenvalue weighted by Crippen LogP contribution is -2.03. The fraction of sp³-hybridized carbons (Fsp3) is 0.154. The molecule has 1 heterocycles. The summed E-state index contributed by atoms with van der Waals surface area (Å²) in [6.45, 7) is 0.460. The highest BCUT2D eigenvalue weighted by atomic mass is 16.6. The topological polar surface area (TPSA) is 77.3 Å². The second kappa shape index (κ2) is 5.81. The molecular weight excluding hydrogens is 246 g/mol. The molecule has 0 aliphatic heterocycles. The molecule has 1 aromatic carbocycles. The van der Waals surface area contributed by atoms with E-state index in [9.17, 15) is 10.1 Å². The van der Waals surface area contributed by atoms with E-state index in [1.54, 1.807) is 37.6 Å². The average Bonchev–Trinajstić information content (AvgIpc) is 2.46. The van der Waals surface area contributed by atoms with Crippen molar-refractivity contribution in [1.29, 1.82) is 0 Å². The Balaban J connectivity index is 2.07. The SMILES string of the molecule is COc1ccc(CNc2ccccc2[N+](=O)[O-])cn1. The summed E-state index contributed by atoms with van der Waals surface area (Å²) in [5, 5.41) is 13.9. The van der Waals surface area contributed by atoms with Gasteiger partial charge in [-0.1, -0.05) is 18.2 Å². The summed E-state index contributed by atoms with van der Waals surface area (Å²) in [4.78, 5) is 14.5. The van der Waals surface area contributed by atoms with Crippen molar-refractivity contribution >= 4 is 11.4 Å². The van der Waals surface area contributed by atoms with E-state index in [-0.39, 0.29) is 5.69 Å². The Morgan fingerprint density at radius 1 is 1.32 bits per heavy atom. The van der Waals surface area contributed by atoms with E-state index in [4.69, 9.17) is 4.74 Å². The number of nitrogens with one attached hydrogen (secondary N) is 1. The third kappa shape index (κ3) is 3.19. The second-order valence-electron chi connectivity index (χ2n) is 3.84. The van der Waals surface area contributed by atoms with Crippen molar-refractivity contribution in [3.63, 3.8) is 0 Å². The van der Waals surface area contributed by atoms with Crippen molar-refractivity contribution in [3.8, 4) is 5.88 Å². The molecule has 0 aliphatic rings. The fourth-order valence-corrected chi connectivity index (χ4v) is 1.62. The number of anilines is 1. The first-order chi connectivity index (χ1) is 9.20. The maximum atomic E-state index is 10.9. The van der Waals surface area contributed by atoms with Crippen molar-refractivity contribution in [2.45, 2.75) is 6.54 Å². The van der Waals surface area contributed by atoms with Crippen LogP contribution in [0.15, 0.2) is 42.6 Å². The highest BCUT2D eigenvalue weighted by molar-refractivity contribution is 5.61. The van der Waals surface area contributed by atoms with Crippen LogP contribution in [0.5, 0.6) is 5.88 Å². The minimum atomic E-state index is -0.408. The first kappa shape index (κ1) is 12.8. The van der Waals surface area contributed by atoms with Crippen molar-refractivity contribution in [1.82, 2.24) is 4.98 Å². The van der Waals surface area contributed by atoms with E-state index in [1.165, 1.54) is 6.07 Å². The summed E-state index contributed by atoms with van der Waals surface area (Å²) in [5.41, 5.74) is 1.46. The molecule has 0 spiro atoms. The Morgan fingerprint density at radius 3 is 2.74 bits per heavy atom. The van der Waals surface area contributed by atoms with E-state index in [2.05, 4.69) is 10.3 Å². The summed E-state index contributed by atoms with van der Waals surface area (Å²) in [6.07, 6.45) is 1.67. The minimum absolute atomic E-state index is 0.0592.